The van der Waals surface area contributed by atoms with Crippen molar-refractivity contribution < 1.29 is 4.74 Å². The van der Waals surface area contributed by atoms with Crippen LogP contribution < -0.4 is 10.1 Å². The van der Waals surface area contributed by atoms with Crippen molar-refractivity contribution in [3.8, 4) is 5.75 Å². The Morgan fingerprint density at radius 1 is 1.14 bits per heavy atom. The maximum atomic E-state index is 5.88. The Labute approximate surface area is 128 Å². The van der Waals surface area contributed by atoms with Crippen molar-refractivity contribution in [1.82, 2.24) is 10.2 Å². The van der Waals surface area contributed by atoms with Crippen LogP contribution in [-0.2, 0) is 0 Å². The van der Waals surface area contributed by atoms with Gasteiger partial charge in [-0.15, -0.1) is 0 Å². The molecule has 0 amide bonds. The highest BCUT2D eigenvalue weighted by molar-refractivity contribution is 5.33. The minimum Gasteiger partial charge on any atom is -0.494 e. The number of rotatable bonds is 5. The van der Waals surface area contributed by atoms with Crippen molar-refractivity contribution in [1.29, 1.82) is 0 Å². The van der Waals surface area contributed by atoms with E-state index in [-0.39, 0.29) is 0 Å². The lowest BCUT2D eigenvalue weighted by Crippen LogP contribution is -2.36. The van der Waals surface area contributed by atoms with Crippen LogP contribution in [0.1, 0.15) is 36.8 Å². The standard InChI is InChI=1S/C18H28N2O/c1-14-4-7-18(12-15(14)2)21-11-3-9-20-10-8-16-5-6-17(13-20)19-16/h4,7,12,16-17,19H,3,5-6,8-11,13H2,1-2H3. The summed E-state index contributed by atoms with van der Waals surface area (Å²) >= 11 is 0. The molecular formula is C18H28N2O. The monoisotopic (exact) mass is 288 g/mol. The summed E-state index contributed by atoms with van der Waals surface area (Å²) in [6.45, 7) is 8.73. The molecule has 3 rings (SSSR count). The van der Waals surface area contributed by atoms with Gasteiger partial charge in [-0.25, -0.2) is 0 Å². The van der Waals surface area contributed by atoms with Gasteiger partial charge in [0, 0.05) is 25.2 Å². The van der Waals surface area contributed by atoms with Gasteiger partial charge in [0.25, 0.3) is 0 Å². The Morgan fingerprint density at radius 3 is 2.86 bits per heavy atom. The summed E-state index contributed by atoms with van der Waals surface area (Å²) in [4.78, 5) is 2.61. The maximum absolute atomic E-state index is 5.88. The first-order valence-corrected chi connectivity index (χ1v) is 8.39. The van der Waals surface area contributed by atoms with Crippen LogP contribution in [0.4, 0.5) is 0 Å². The highest BCUT2D eigenvalue weighted by Crippen LogP contribution is 2.20. The number of hydrogen-bond acceptors (Lipinski definition) is 3. The van der Waals surface area contributed by atoms with E-state index in [2.05, 4.69) is 42.3 Å². The predicted octanol–water partition coefficient (Wildman–Crippen LogP) is 2.90. The quantitative estimate of drug-likeness (QED) is 0.843. The zero-order valence-electron chi connectivity index (χ0n) is 13.4. The number of ether oxygens (including phenoxy) is 1. The SMILES string of the molecule is Cc1ccc(OCCCN2CCC3CCC(C2)N3)cc1C. The Kier molecular flexibility index (Phi) is 4.81. The molecular weight excluding hydrogens is 260 g/mol. The molecule has 2 atom stereocenters. The lowest BCUT2D eigenvalue weighted by molar-refractivity contribution is 0.225. The Balaban J connectivity index is 1.39. The summed E-state index contributed by atoms with van der Waals surface area (Å²) in [6, 6.07) is 7.88. The highest BCUT2D eigenvalue weighted by Gasteiger charge is 2.28. The molecule has 3 heteroatoms. The summed E-state index contributed by atoms with van der Waals surface area (Å²) in [5.74, 6) is 1.01. The number of aryl methyl sites for hydroxylation is 2. The van der Waals surface area contributed by atoms with Gasteiger partial charge in [0.2, 0.25) is 0 Å². The lowest BCUT2D eigenvalue weighted by Gasteiger charge is -2.23. The van der Waals surface area contributed by atoms with Gasteiger partial charge in [-0.2, -0.15) is 0 Å². The minimum absolute atomic E-state index is 0.734. The fraction of sp³-hybridized carbons (Fsp3) is 0.667. The molecule has 1 N–H and O–H groups in total. The highest BCUT2D eigenvalue weighted by atomic mass is 16.5. The second kappa shape index (κ2) is 6.80. The molecule has 0 spiro atoms. The van der Waals surface area contributed by atoms with E-state index in [1.807, 2.05) is 0 Å². The van der Waals surface area contributed by atoms with Gasteiger partial charge in [0.15, 0.2) is 0 Å². The van der Waals surface area contributed by atoms with Crippen molar-refractivity contribution in [2.75, 3.05) is 26.2 Å². The van der Waals surface area contributed by atoms with Crippen LogP contribution in [0.2, 0.25) is 0 Å². The number of benzene rings is 1. The van der Waals surface area contributed by atoms with E-state index in [9.17, 15) is 0 Å². The van der Waals surface area contributed by atoms with Gasteiger partial charge in [0.1, 0.15) is 5.75 Å². The van der Waals surface area contributed by atoms with Crippen LogP contribution in [0.15, 0.2) is 18.2 Å². The van der Waals surface area contributed by atoms with Crippen LogP contribution in [0.3, 0.4) is 0 Å². The van der Waals surface area contributed by atoms with Gasteiger partial charge in [-0.1, -0.05) is 6.07 Å². The van der Waals surface area contributed by atoms with Crippen molar-refractivity contribution in [3.63, 3.8) is 0 Å². The van der Waals surface area contributed by atoms with E-state index in [1.165, 1.54) is 43.5 Å². The van der Waals surface area contributed by atoms with Crippen molar-refractivity contribution >= 4 is 0 Å². The van der Waals surface area contributed by atoms with E-state index in [0.29, 0.717) is 0 Å². The molecule has 2 fully saturated rings. The molecule has 2 saturated heterocycles. The summed E-state index contributed by atoms with van der Waals surface area (Å²) < 4.78 is 5.88. The normalized spacial score (nSPS) is 25.8. The third-order valence-electron chi connectivity index (χ3n) is 4.97. The molecule has 0 radical (unpaired) electrons. The van der Waals surface area contributed by atoms with Gasteiger partial charge >= 0.3 is 0 Å². The van der Waals surface area contributed by atoms with Crippen LogP contribution in [-0.4, -0.2) is 43.2 Å². The molecule has 0 aromatic heterocycles. The summed E-state index contributed by atoms with van der Waals surface area (Å²) in [6.07, 6.45) is 5.17. The molecule has 0 aliphatic carbocycles. The molecule has 2 aliphatic heterocycles. The molecule has 116 valence electrons. The van der Waals surface area contributed by atoms with E-state index < -0.39 is 0 Å². The topological polar surface area (TPSA) is 24.5 Å². The average Bonchev–Trinajstić information content (AvgIpc) is 2.80. The van der Waals surface area contributed by atoms with Gasteiger partial charge in [-0.05, 0) is 69.3 Å². The first-order valence-electron chi connectivity index (χ1n) is 8.39. The fourth-order valence-electron chi connectivity index (χ4n) is 3.50. The van der Waals surface area contributed by atoms with E-state index >= 15 is 0 Å². The molecule has 2 bridgehead atoms. The van der Waals surface area contributed by atoms with Crippen molar-refractivity contribution in [2.45, 2.75) is 51.6 Å². The molecule has 21 heavy (non-hydrogen) atoms. The number of nitrogens with one attached hydrogen (secondary N) is 1. The number of fused-ring (bicyclic) bond motifs is 2. The van der Waals surface area contributed by atoms with Crippen LogP contribution >= 0.6 is 0 Å². The van der Waals surface area contributed by atoms with Crippen LogP contribution in [0, 0.1) is 13.8 Å². The number of likely N-dealkylation sites (tertiary alicyclic amines) is 1. The summed E-state index contributed by atoms with van der Waals surface area (Å²) in [5.41, 5.74) is 2.64. The number of nitrogens with zero attached hydrogens (tertiary/aromatic N) is 1. The lowest BCUT2D eigenvalue weighted by atomic mass is 10.1. The smallest absolute Gasteiger partial charge is 0.119 e. The van der Waals surface area contributed by atoms with E-state index in [0.717, 1.165) is 37.4 Å². The average molecular weight is 288 g/mol. The largest absolute Gasteiger partial charge is 0.494 e. The minimum atomic E-state index is 0.734. The van der Waals surface area contributed by atoms with Crippen molar-refractivity contribution in [3.05, 3.63) is 29.3 Å². The molecule has 2 aliphatic rings. The molecule has 1 aromatic rings. The third kappa shape index (κ3) is 3.98. The van der Waals surface area contributed by atoms with Gasteiger partial charge in [-0.3, -0.25) is 0 Å². The fourth-order valence-corrected chi connectivity index (χ4v) is 3.50. The second-order valence-corrected chi connectivity index (χ2v) is 6.68. The molecule has 3 nitrogen and oxygen atoms in total. The van der Waals surface area contributed by atoms with Gasteiger partial charge in [0.05, 0.1) is 6.61 Å². The molecule has 2 heterocycles. The third-order valence-corrected chi connectivity index (χ3v) is 4.97. The van der Waals surface area contributed by atoms with Gasteiger partial charge < -0.3 is 15.0 Å². The van der Waals surface area contributed by atoms with E-state index in [1.54, 1.807) is 0 Å². The first kappa shape index (κ1) is 14.9. The summed E-state index contributed by atoms with van der Waals surface area (Å²) in [7, 11) is 0. The molecule has 2 unspecified atom stereocenters. The van der Waals surface area contributed by atoms with E-state index in [4.69, 9.17) is 4.74 Å². The summed E-state index contributed by atoms with van der Waals surface area (Å²) in [5, 5.41) is 3.74. The maximum Gasteiger partial charge on any atom is 0.119 e. The Morgan fingerprint density at radius 2 is 2.00 bits per heavy atom. The predicted molar refractivity (Wildman–Crippen MR) is 87.0 cm³/mol. The van der Waals surface area contributed by atoms with Crippen LogP contribution in [0.5, 0.6) is 5.75 Å². The Hall–Kier alpha value is -1.06. The second-order valence-electron chi connectivity index (χ2n) is 6.68. The zero-order valence-corrected chi connectivity index (χ0v) is 13.4. The first-order chi connectivity index (χ1) is 10.2. The van der Waals surface area contributed by atoms with Crippen molar-refractivity contribution in [2.24, 2.45) is 0 Å². The molecule has 1 aromatic carbocycles. The van der Waals surface area contributed by atoms with Crippen LogP contribution in [0.25, 0.3) is 0 Å². The molecule has 0 saturated carbocycles. The zero-order chi connectivity index (χ0) is 14.7. The Bertz CT molecular complexity index is 474. The number of hydrogen-bond donors (Lipinski definition) is 1.